The van der Waals surface area contributed by atoms with Crippen molar-refractivity contribution in [3.05, 3.63) is 0 Å². The molecule has 1 saturated heterocycles. The molecule has 1 heterocycles. The van der Waals surface area contributed by atoms with Crippen LogP contribution in [0.25, 0.3) is 0 Å². The van der Waals surface area contributed by atoms with Crippen LogP contribution in [0.4, 0.5) is 0 Å². The van der Waals surface area contributed by atoms with Gasteiger partial charge in [0.2, 0.25) is 11.8 Å². The average molecular weight is 362 g/mol. The second-order valence-corrected chi connectivity index (χ2v) is 7.22. The van der Waals surface area contributed by atoms with Crippen molar-refractivity contribution in [1.29, 1.82) is 0 Å². The maximum atomic E-state index is 12.3. The SMILES string of the molecule is CC1(C)OCC(C)(C)[C@H](C(=O)NCCC(=O)N[C@@H](CS)C(=O)O)O1. The highest BCUT2D eigenvalue weighted by molar-refractivity contribution is 7.80. The molecular formula is C15H26N2O6S. The Labute approximate surface area is 147 Å². The summed E-state index contributed by atoms with van der Waals surface area (Å²) < 4.78 is 11.3. The van der Waals surface area contributed by atoms with Crippen molar-refractivity contribution in [2.45, 2.75) is 52.0 Å². The minimum atomic E-state index is -1.15. The van der Waals surface area contributed by atoms with Crippen LogP contribution in [0.1, 0.15) is 34.1 Å². The normalized spacial score (nSPS) is 23.1. The number of thiol groups is 1. The number of carbonyl (C=O) groups is 3. The monoisotopic (exact) mass is 362 g/mol. The predicted octanol–water partition coefficient (Wildman–Crippen LogP) is 0.170. The number of carbonyl (C=O) groups excluding carboxylic acids is 2. The lowest BCUT2D eigenvalue weighted by molar-refractivity contribution is -0.304. The van der Waals surface area contributed by atoms with Crippen LogP contribution < -0.4 is 10.6 Å². The maximum Gasteiger partial charge on any atom is 0.327 e. The Bertz CT molecular complexity index is 494. The number of carboxylic acids is 1. The van der Waals surface area contributed by atoms with Crippen LogP contribution in [-0.4, -0.2) is 59.7 Å². The van der Waals surface area contributed by atoms with E-state index in [0.717, 1.165) is 0 Å². The first-order valence-electron chi connectivity index (χ1n) is 7.71. The first-order chi connectivity index (χ1) is 11.0. The number of aliphatic carboxylic acids is 1. The minimum absolute atomic E-state index is 0.00732. The predicted molar refractivity (Wildman–Crippen MR) is 89.7 cm³/mol. The van der Waals surface area contributed by atoms with E-state index in [1.165, 1.54) is 0 Å². The lowest BCUT2D eigenvalue weighted by atomic mass is 9.85. The molecule has 0 aromatic heterocycles. The Morgan fingerprint density at radius 1 is 1.29 bits per heavy atom. The number of hydrogen-bond donors (Lipinski definition) is 4. The fraction of sp³-hybridized carbons (Fsp3) is 0.800. The number of carboxylic acid groups (broad SMARTS) is 1. The van der Waals surface area contributed by atoms with E-state index in [4.69, 9.17) is 14.6 Å². The maximum absolute atomic E-state index is 12.3. The number of rotatable bonds is 7. The fourth-order valence-corrected chi connectivity index (χ4v) is 2.41. The molecule has 1 rings (SSSR count). The molecule has 0 saturated carbocycles. The Hall–Kier alpha value is -1.32. The van der Waals surface area contributed by atoms with Gasteiger partial charge in [-0.3, -0.25) is 9.59 Å². The van der Waals surface area contributed by atoms with Gasteiger partial charge in [-0.1, -0.05) is 13.8 Å². The molecule has 24 heavy (non-hydrogen) atoms. The summed E-state index contributed by atoms with van der Waals surface area (Å²) in [5.74, 6) is -2.80. The molecule has 0 radical (unpaired) electrons. The highest BCUT2D eigenvalue weighted by Crippen LogP contribution is 2.34. The van der Waals surface area contributed by atoms with Crippen molar-refractivity contribution < 1.29 is 29.0 Å². The van der Waals surface area contributed by atoms with Crippen molar-refractivity contribution >= 4 is 30.4 Å². The quantitative estimate of drug-likeness (QED) is 0.480. The molecule has 9 heteroatoms. The number of ether oxygens (including phenoxy) is 2. The Morgan fingerprint density at radius 3 is 2.46 bits per heavy atom. The van der Waals surface area contributed by atoms with E-state index in [2.05, 4.69) is 23.3 Å². The van der Waals surface area contributed by atoms with Gasteiger partial charge < -0.3 is 25.2 Å². The van der Waals surface area contributed by atoms with Gasteiger partial charge in [0.1, 0.15) is 12.1 Å². The first kappa shape index (κ1) is 20.7. The van der Waals surface area contributed by atoms with Gasteiger partial charge in [-0.05, 0) is 13.8 Å². The van der Waals surface area contributed by atoms with Gasteiger partial charge >= 0.3 is 5.97 Å². The average Bonchev–Trinajstić information content (AvgIpc) is 2.47. The second-order valence-electron chi connectivity index (χ2n) is 6.86. The molecule has 138 valence electrons. The van der Waals surface area contributed by atoms with E-state index >= 15 is 0 Å². The molecule has 1 fully saturated rings. The van der Waals surface area contributed by atoms with Crippen LogP contribution in [0.2, 0.25) is 0 Å². The summed E-state index contributed by atoms with van der Waals surface area (Å²) >= 11 is 3.86. The zero-order valence-electron chi connectivity index (χ0n) is 14.4. The van der Waals surface area contributed by atoms with E-state index in [1.54, 1.807) is 13.8 Å². The van der Waals surface area contributed by atoms with Crippen LogP contribution in [0.3, 0.4) is 0 Å². The van der Waals surface area contributed by atoms with Crippen molar-refractivity contribution in [3.63, 3.8) is 0 Å². The molecule has 1 aliphatic heterocycles. The van der Waals surface area contributed by atoms with Crippen molar-refractivity contribution in [1.82, 2.24) is 10.6 Å². The molecule has 2 atom stereocenters. The number of hydrogen-bond acceptors (Lipinski definition) is 6. The van der Waals surface area contributed by atoms with E-state index < -0.39 is 35.2 Å². The van der Waals surface area contributed by atoms with E-state index in [-0.39, 0.29) is 24.6 Å². The Balaban J connectivity index is 2.48. The fourth-order valence-electron chi connectivity index (χ4n) is 2.17. The number of nitrogens with one attached hydrogen (secondary N) is 2. The highest BCUT2D eigenvalue weighted by atomic mass is 32.1. The van der Waals surface area contributed by atoms with Crippen LogP contribution in [-0.2, 0) is 23.9 Å². The molecule has 8 nitrogen and oxygen atoms in total. The molecule has 2 amide bonds. The van der Waals surface area contributed by atoms with Crippen molar-refractivity contribution in [2.75, 3.05) is 18.9 Å². The van der Waals surface area contributed by atoms with Crippen LogP contribution in [0, 0.1) is 5.41 Å². The van der Waals surface area contributed by atoms with Crippen molar-refractivity contribution in [3.8, 4) is 0 Å². The summed E-state index contributed by atoms with van der Waals surface area (Å²) in [5, 5.41) is 13.8. The van der Waals surface area contributed by atoms with Gasteiger partial charge in [0.05, 0.1) is 6.61 Å². The first-order valence-corrected chi connectivity index (χ1v) is 8.34. The lowest BCUT2D eigenvalue weighted by Crippen LogP contribution is -2.56. The summed E-state index contributed by atoms with van der Waals surface area (Å²) in [5.41, 5.74) is -0.498. The largest absolute Gasteiger partial charge is 0.480 e. The van der Waals surface area contributed by atoms with Gasteiger partial charge in [0.25, 0.3) is 0 Å². The van der Waals surface area contributed by atoms with E-state index in [1.807, 2.05) is 13.8 Å². The molecule has 0 bridgehead atoms. The van der Waals surface area contributed by atoms with Gasteiger partial charge in [-0.2, -0.15) is 12.6 Å². The Morgan fingerprint density at radius 2 is 1.92 bits per heavy atom. The highest BCUT2D eigenvalue weighted by Gasteiger charge is 2.45. The summed E-state index contributed by atoms with van der Waals surface area (Å²) in [7, 11) is 0. The molecule has 0 aromatic rings. The van der Waals surface area contributed by atoms with Gasteiger partial charge in [-0.25, -0.2) is 4.79 Å². The summed E-state index contributed by atoms with van der Waals surface area (Å²) in [6, 6.07) is -1.05. The molecule has 0 aromatic carbocycles. The van der Waals surface area contributed by atoms with Crippen LogP contribution >= 0.6 is 12.6 Å². The standard InChI is InChI=1S/C15H26N2O6S/c1-14(2)8-22-15(3,4)23-11(14)12(19)16-6-5-10(18)17-9(7-24)13(20)21/h9,11,24H,5-8H2,1-4H3,(H,16,19)(H,17,18)(H,20,21)/t9-,11-/m0/s1. The molecule has 0 aliphatic carbocycles. The zero-order valence-corrected chi connectivity index (χ0v) is 15.3. The topological polar surface area (TPSA) is 114 Å². The summed E-state index contributed by atoms with van der Waals surface area (Å²) in [6.45, 7) is 7.66. The van der Waals surface area contributed by atoms with E-state index in [9.17, 15) is 14.4 Å². The smallest absolute Gasteiger partial charge is 0.327 e. The molecule has 0 unspecified atom stereocenters. The van der Waals surface area contributed by atoms with E-state index in [0.29, 0.717) is 6.61 Å². The summed E-state index contributed by atoms with van der Waals surface area (Å²) in [6.07, 6.45) is -0.732. The third-order valence-electron chi connectivity index (χ3n) is 3.61. The van der Waals surface area contributed by atoms with Crippen molar-refractivity contribution in [2.24, 2.45) is 5.41 Å². The zero-order chi connectivity index (χ0) is 18.5. The third-order valence-corrected chi connectivity index (χ3v) is 3.97. The number of amides is 2. The molecule has 1 aliphatic rings. The Kier molecular flexibility index (Phi) is 7.06. The van der Waals surface area contributed by atoms with Crippen LogP contribution in [0.15, 0.2) is 0 Å². The molecule has 3 N–H and O–H groups in total. The third kappa shape index (κ3) is 5.95. The minimum Gasteiger partial charge on any atom is -0.480 e. The van der Waals surface area contributed by atoms with Gasteiger partial charge in [0, 0.05) is 24.1 Å². The lowest BCUT2D eigenvalue weighted by Gasteiger charge is -2.44. The summed E-state index contributed by atoms with van der Waals surface area (Å²) in [4.78, 5) is 34.9. The van der Waals surface area contributed by atoms with Gasteiger partial charge in [0.15, 0.2) is 5.79 Å². The van der Waals surface area contributed by atoms with Gasteiger partial charge in [-0.15, -0.1) is 0 Å². The second kappa shape index (κ2) is 8.17. The molecule has 0 spiro atoms. The van der Waals surface area contributed by atoms with Crippen LogP contribution in [0.5, 0.6) is 0 Å². The molecular weight excluding hydrogens is 336 g/mol.